The molecule has 0 amide bonds. The first-order valence-corrected chi connectivity index (χ1v) is 5.63. The zero-order chi connectivity index (χ0) is 11.7. The van der Waals surface area contributed by atoms with Gasteiger partial charge in [0.25, 0.3) is 0 Å². The molecule has 0 aliphatic heterocycles. The van der Waals surface area contributed by atoms with E-state index >= 15 is 0 Å². The monoisotopic (exact) mass is 299 g/mol. The number of carboxylic acid groups (broad SMARTS) is 1. The fourth-order valence-corrected chi connectivity index (χ4v) is 2.11. The Morgan fingerprint density at radius 1 is 1.31 bits per heavy atom. The Balaban J connectivity index is 2.62. The maximum absolute atomic E-state index is 11.0. The molecule has 0 radical (unpaired) electrons. The molecule has 0 spiro atoms. The van der Waals surface area contributed by atoms with E-state index in [9.17, 15) is 4.79 Å². The highest BCUT2D eigenvalue weighted by Gasteiger charge is 2.14. The molecule has 0 saturated carbocycles. The number of benzene rings is 1. The number of H-pyrrole nitrogens is 1. The van der Waals surface area contributed by atoms with Crippen LogP contribution in [0.15, 0.2) is 34.9 Å². The molecule has 82 valence electrons. The molecule has 0 saturated heterocycles. The summed E-state index contributed by atoms with van der Waals surface area (Å²) in [5.41, 5.74) is 1.52. The summed E-state index contributed by atoms with van der Waals surface area (Å²) >= 11 is 9.26. The van der Waals surface area contributed by atoms with Gasteiger partial charge >= 0.3 is 5.97 Å². The zero-order valence-corrected chi connectivity index (χ0v) is 10.3. The molecule has 2 N–H and O–H groups in total. The van der Waals surface area contributed by atoms with Crippen LogP contribution in [0, 0.1) is 0 Å². The zero-order valence-electron chi connectivity index (χ0n) is 8.00. The molecular formula is C11H7BrClNO2. The summed E-state index contributed by atoms with van der Waals surface area (Å²) in [5.74, 6) is -0.994. The van der Waals surface area contributed by atoms with Crippen molar-refractivity contribution in [1.82, 2.24) is 4.98 Å². The summed E-state index contributed by atoms with van der Waals surface area (Å²) in [7, 11) is 0. The van der Waals surface area contributed by atoms with Gasteiger partial charge in [0, 0.05) is 21.3 Å². The summed E-state index contributed by atoms with van der Waals surface area (Å²) in [6.07, 6.45) is 1.59. The molecule has 2 aromatic rings. The SMILES string of the molecule is O=C(O)c1[nH]ccc1-c1cc(Cl)ccc1Br. The van der Waals surface area contributed by atoms with Gasteiger partial charge in [-0.05, 0) is 29.8 Å². The van der Waals surface area contributed by atoms with Gasteiger partial charge in [0.15, 0.2) is 0 Å². The molecule has 0 aliphatic carbocycles. The van der Waals surface area contributed by atoms with Crippen LogP contribution in [0.4, 0.5) is 0 Å². The number of halogens is 2. The molecule has 0 fully saturated rings. The van der Waals surface area contributed by atoms with Crippen molar-refractivity contribution in [2.24, 2.45) is 0 Å². The van der Waals surface area contributed by atoms with E-state index in [-0.39, 0.29) is 5.69 Å². The number of hydrogen-bond acceptors (Lipinski definition) is 1. The highest BCUT2D eigenvalue weighted by molar-refractivity contribution is 9.10. The highest BCUT2D eigenvalue weighted by atomic mass is 79.9. The van der Waals surface area contributed by atoms with Crippen molar-refractivity contribution in [2.45, 2.75) is 0 Å². The van der Waals surface area contributed by atoms with Crippen molar-refractivity contribution in [3.8, 4) is 11.1 Å². The lowest BCUT2D eigenvalue weighted by molar-refractivity contribution is 0.0692. The Morgan fingerprint density at radius 2 is 2.06 bits per heavy atom. The summed E-state index contributed by atoms with van der Waals surface area (Å²) in [5, 5.41) is 9.56. The highest BCUT2D eigenvalue weighted by Crippen LogP contribution is 2.32. The third kappa shape index (κ3) is 1.99. The van der Waals surface area contributed by atoms with Gasteiger partial charge in [-0.25, -0.2) is 4.79 Å². The minimum Gasteiger partial charge on any atom is -0.477 e. The van der Waals surface area contributed by atoms with Crippen molar-refractivity contribution in [3.63, 3.8) is 0 Å². The van der Waals surface area contributed by atoms with E-state index in [0.717, 1.165) is 10.0 Å². The van der Waals surface area contributed by atoms with Gasteiger partial charge in [-0.15, -0.1) is 0 Å². The predicted octanol–water partition coefficient (Wildman–Crippen LogP) is 3.80. The van der Waals surface area contributed by atoms with Crippen LogP contribution < -0.4 is 0 Å². The molecule has 3 nitrogen and oxygen atoms in total. The van der Waals surface area contributed by atoms with Crippen LogP contribution in [-0.4, -0.2) is 16.1 Å². The van der Waals surface area contributed by atoms with Crippen LogP contribution in [0.1, 0.15) is 10.5 Å². The van der Waals surface area contributed by atoms with Crippen molar-refractivity contribution in [3.05, 3.63) is 45.7 Å². The molecule has 1 aromatic carbocycles. The van der Waals surface area contributed by atoms with Gasteiger partial charge in [-0.3, -0.25) is 0 Å². The van der Waals surface area contributed by atoms with E-state index in [0.29, 0.717) is 10.6 Å². The van der Waals surface area contributed by atoms with Crippen molar-refractivity contribution < 1.29 is 9.90 Å². The average Bonchev–Trinajstić information content (AvgIpc) is 2.70. The van der Waals surface area contributed by atoms with Crippen molar-refractivity contribution in [2.75, 3.05) is 0 Å². The predicted molar refractivity (Wildman–Crippen MR) is 65.9 cm³/mol. The van der Waals surface area contributed by atoms with E-state index in [1.165, 1.54) is 0 Å². The third-order valence-electron chi connectivity index (χ3n) is 2.18. The molecular weight excluding hydrogens is 293 g/mol. The molecule has 1 aromatic heterocycles. The fourth-order valence-electron chi connectivity index (χ4n) is 1.47. The fraction of sp³-hybridized carbons (Fsp3) is 0. The van der Waals surface area contributed by atoms with Gasteiger partial charge in [0.2, 0.25) is 0 Å². The van der Waals surface area contributed by atoms with Crippen molar-refractivity contribution >= 4 is 33.5 Å². The lowest BCUT2D eigenvalue weighted by atomic mass is 10.1. The number of aromatic nitrogens is 1. The third-order valence-corrected chi connectivity index (χ3v) is 3.11. The quantitative estimate of drug-likeness (QED) is 0.886. The number of carboxylic acids is 1. The van der Waals surface area contributed by atoms with Gasteiger partial charge in [-0.1, -0.05) is 27.5 Å². The number of hydrogen-bond donors (Lipinski definition) is 2. The molecule has 0 aliphatic rings. The Bertz CT molecular complexity index is 551. The molecule has 5 heteroatoms. The van der Waals surface area contributed by atoms with Crippen LogP contribution in [0.2, 0.25) is 5.02 Å². The second kappa shape index (κ2) is 4.31. The topological polar surface area (TPSA) is 53.1 Å². The molecule has 16 heavy (non-hydrogen) atoms. The van der Waals surface area contributed by atoms with Gasteiger partial charge in [0.1, 0.15) is 5.69 Å². The minimum atomic E-state index is -0.994. The number of nitrogens with one attached hydrogen (secondary N) is 1. The number of rotatable bonds is 2. The Morgan fingerprint density at radius 3 is 2.75 bits per heavy atom. The van der Waals surface area contributed by atoms with E-state index in [4.69, 9.17) is 16.7 Å². The average molecular weight is 301 g/mol. The molecule has 2 rings (SSSR count). The van der Waals surface area contributed by atoms with Crippen LogP contribution in [0.3, 0.4) is 0 Å². The second-order valence-corrected chi connectivity index (χ2v) is 4.49. The molecule has 0 unspecified atom stereocenters. The first-order chi connectivity index (χ1) is 7.59. The number of carbonyl (C=O) groups is 1. The van der Waals surface area contributed by atoms with Crippen LogP contribution in [-0.2, 0) is 0 Å². The minimum absolute atomic E-state index is 0.156. The number of aromatic carboxylic acids is 1. The van der Waals surface area contributed by atoms with E-state index < -0.39 is 5.97 Å². The molecule has 1 heterocycles. The standard InChI is InChI=1S/C11H7BrClNO2/c12-9-2-1-6(13)5-8(9)7-3-4-14-10(7)11(15)16/h1-5,14H,(H,15,16). The Hall–Kier alpha value is -1.26. The largest absolute Gasteiger partial charge is 0.477 e. The smallest absolute Gasteiger partial charge is 0.352 e. The Kier molecular flexibility index (Phi) is 3.03. The summed E-state index contributed by atoms with van der Waals surface area (Å²) in [6, 6.07) is 6.96. The Labute approximate surface area is 105 Å². The van der Waals surface area contributed by atoms with Crippen LogP contribution in [0.5, 0.6) is 0 Å². The maximum Gasteiger partial charge on any atom is 0.352 e. The maximum atomic E-state index is 11.0. The second-order valence-electron chi connectivity index (χ2n) is 3.20. The van der Waals surface area contributed by atoms with Gasteiger partial charge in [-0.2, -0.15) is 0 Å². The van der Waals surface area contributed by atoms with Gasteiger partial charge < -0.3 is 10.1 Å². The van der Waals surface area contributed by atoms with Gasteiger partial charge in [0.05, 0.1) is 0 Å². The first-order valence-electron chi connectivity index (χ1n) is 4.45. The summed E-state index contributed by atoms with van der Waals surface area (Å²) in [4.78, 5) is 13.7. The number of aromatic amines is 1. The first kappa shape index (κ1) is 11.2. The van der Waals surface area contributed by atoms with Crippen LogP contribution in [0.25, 0.3) is 11.1 Å². The van der Waals surface area contributed by atoms with E-state index in [2.05, 4.69) is 20.9 Å². The summed E-state index contributed by atoms with van der Waals surface area (Å²) in [6.45, 7) is 0. The summed E-state index contributed by atoms with van der Waals surface area (Å²) < 4.78 is 0.805. The van der Waals surface area contributed by atoms with Crippen molar-refractivity contribution in [1.29, 1.82) is 0 Å². The van der Waals surface area contributed by atoms with Crippen LogP contribution >= 0.6 is 27.5 Å². The molecule has 0 atom stereocenters. The van der Waals surface area contributed by atoms with E-state index in [1.807, 2.05) is 0 Å². The normalized spacial score (nSPS) is 10.4. The lowest BCUT2D eigenvalue weighted by Crippen LogP contribution is -1.98. The lowest BCUT2D eigenvalue weighted by Gasteiger charge is -2.04. The molecule has 0 bridgehead atoms. The van der Waals surface area contributed by atoms with E-state index in [1.54, 1.807) is 30.5 Å².